The van der Waals surface area contributed by atoms with Gasteiger partial charge in [-0.1, -0.05) is 13.3 Å². The molecular weight excluding hydrogens is 234 g/mol. The second-order valence-electron chi connectivity index (χ2n) is 4.67. The van der Waals surface area contributed by atoms with E-state index in [1.165, 1.54) is 30.6 Å². The Morgan fingerprint density at radius 3 is 2.76 bits per heavy atom. The van der Waals surface area contributed by atoms with Gasteiger partial charge in [-0.3, -0.25) is 4.79 Å². The molecule has 0 aromatic carbocycles. The first kappa shape index (κ1) is 12.4. The number of carbonyl (C=O) groups excluding carboxylic acids is 1. The molecule has 1 heterocycles. The molecule has 4 nitrogen and oxygen atoms in total. The highest BCUT2D eigenvalue weighted by Gasteiger charge is 2.22. The number of thiazole rings is 1. The van der Waals surface area contributed by atoms with Gasteiger partial charge >= 0.3 is 0 Å². The molecule has 0 radical (unpaired) electrons. The van der Waals surface area contributed by atoms with E-state index in [0.717, 1.165) is 18.8 Å². The molecule has 3 N–H and O–H groups in total. The van der Waals surface area contributed by atoms with Crippen LogP contribution in [0, 0.1) is 5.92 Å². The number of hydrogen-bond donors (Lipinski definition) is 2. The van der Waals surface area contributed by atoms with Crippen LogP contribution >= 0.6 is 11.3 Å². The molecular formula is C12H19N3OS. The molecule has 1 saturated carbocycles. The predicted octanol–water partition coefficient (Wildman–Crippen LogP) is 2.42. The predicted molar refractivity (Wildman–Crippen MR) is 70.0 cm³/mol. The molecule has 1 aliphatic rings. The van der Waals surface area contributed by atoms with Crippen molar-refractivity contribution in [3.05, 3.63) is 11.1 Å². The van der Waals surface area contributed by atoms with Crippen LogP contribution in [-0.2, 0) is 0 Å². The SMILES string of the molecule is CCC1CCC(NC(=O)c2csc(N)n2)CC1. The summed E-state index contributed by atoms with van der Waals surface area (Å²) >= 11 is 1.30. The van der Waals surface area contributed by atoms with Crippen molar-refractivity contribution in [3.8, 4) is 0 Å². The van der Waals surface area contributed by atoms with Crippen LogP contribution in [0.4, 0.5) is 5.13 Å². The van der Waals surface area contributed by atoms with Crippen LogP contribution in [0.15, 0.2) is 5.38 Å². The zero-order valence-corrected chi connectivity index (χ0v) is 10.9. The molecule has 0 unspecified atom stereocenters. The molecule has 0 bridgehead atoms. The lowest BCUT2D eigenvalue weighted by molar-refractivity contribution is 0.0917. The lowest BCUT2D eigenvalue weighted by Crippen LogP contribution is -2.37. The van der Waals surface area contributed by atoms with Crippen molar-refractivity contribution < 1.29 is 4.79 Å². The minimum Gasteiger partial charge on any atom is -0.375 e. The Bertz CT molecular complexity index is 383. The van der Waals surface area contributed by atoms with Crippen molar-refractivity contribution in [1.29, 1.82) is 0 Å². The van der Waals surface area contributed by atoms with Crippen LogP contribution in [0.25, 0.3) is 0 Å². The third-order valence-corrected chi connectivity index (χ3v) is 4.19. The van der Waals surface area contributed by atoms with E-state index >= 15 is 0 Å². The van der Waals surface area contributed by atoms with E-state index in [1.807, 2.05) is 0 Å². The number of aromatic nitrogens is 1. The van der Waals surface area contributed by atoms with Crippen LogP contribution in [0.3, 0.4) is 0 Å². The van der Waals surface area contributed by atoms with Crippen LogP contribution < -0.4 is 11.1 Å². The maximum atomic E-state index is 11.9. The largest absolute Gasteiger partial charge is 0.375 e. The fourth-order valence-electron chi connectivity index (χ4n) is 2.37. The standard InChI is InChI=1S/C12H19N3OS/c1-2-8-3-5-9(6-4-8)14-11(16)10-7-17-12(13)15-10/h7-9H,2-6H2,1H3,(H2,13,15)(H,14,16). The highest BCUT2D eigenvalue weighted by Crippen LogP contribution is 2.26. The maximum absolute atomic E-state index is 11.9. The summed E-state index contributed by atoms with van der Waals surface area (Å²) in [4.78, 5) is 15.8. The van der Waals surface area contributed by atoms with Gasteiger partial charge in [0.25, 0.3) is 5.91 Å². The van der Waals surface area contributed by atoms with Crippen molar-refractivity contribution in [3.63, 3.8) is 0 Å². The van der Waals surface area contributed by atoms with Crippen LogP contribution in [-0.4, -0.2) is 16.9 Å². The molecule has 1 fully saturated rings. The highest BCUT2D eigenvalue weighted by molar-refractivity contribution is 7.13. The third kappa shape index (κ3) is 3.19. The Morgan fingerprint density at radius 2 is 2.24 bits per heavy atom. The Labute approximate surface area is 106 Å². The smallest absolute Gasteiger partial charge is 0.271 e. The zero-order valence-electron chi connectivity index (χ0n) is 10.1. The Balaban J connectivity index is 1.84. The van der Waals surface area contributed by atoms with Gasteiger partial charge in [0, 0.05) is 11.4 Å². The van der Waals surface area contributed by atoms with Gasteiger partial charge in [0.15, 0.2) is 5.13 Å². The average Bonchev–Trinajstić information content (AvgIpc) is 2.77. The van der Waals surface area contributed by atoms with E-state index in [0.29, 0.717) is 16.9 Å². The first-order valence-electron chi connectivity index (χ1n) is 6.21. The first-order valence-corrected chi connectivity index (χ1v) is 7.09. The summed E-state index contributed by atoms with van der Waals surface area (Å²) in [6.45, 7) is 2.24. The minimum absolute atomic E-state index is 0.0853. The van der Waals surface area contributed by atoms with Gasteiger partial charge in [0.05, 0.1) is 0 Å². The second kappa shape index (κ2) is 5.49. The van der Waals surface area contributed by atoms with Crippen molar-refractivity contribution in [2.75, 3.05) is 5.73 Å². The van der Waals surface area contributed by atoms with Gasteiger partial charge in [-0.05, 0) is 31.6 Å². The number of hydrogen-bond acceptors (Lipinski definition) is 4. The molecule has 17 heavy (non-hydrogen) atoms. The van der Waals surface area contributed by atoms with Crippen molar-refractivity contribution in [2.24, 2.45) is 5.92 Å². The summed E-state index contributed by atoms with van der Waals surface area (Å²) in [5, 5.41) is 5.20. The number of rotatable bonds is 3. The van der Waals surface area contributed by atoms with E-state index in [-0.39, 0.29) is 5.91 Å². The van der Waals surface area contributed by atoms with E-state index in [1.54, 1.807) is 5.38 Å². The van der Waals surface area contributed by atoms with Crippen LogP contribution in [0.5, 0.6) is 0 Å². The molecule has 0 atom stereocenters. The first-order chi connectivity index (χ1) is 8.19. The van der Waals surface area contributed by atoms with E-state index in [9.17, 15) is 4.79 Å². The van der Waals surface area contributed by atoms with Crippen molar-refractivity contribution in [1.82, 2.24) is 10.3 Å². The molecule has 1 aliphatic carbocycles. The molecule has 2 rings (SSSR count). The number of nitrogen functional groups attached to an aromatic ring is 1. The summed E-state index contributed by atoms with van der Waals surface area (Å²) in [5.74, 6) is 0.760. The second-order valence-corrected chi connectivity index (χ2v) is 5.56. The molecule has 1 amide bonds. The molecule has 0 aliphatic heterocycles. The molecule has 94 valence electrons. The zero-order chi connectivity index (χ0) is 12.3. The van der Waals surface area contributed by atoms with E-state index in [4.69, 9.17) is 5.73 Å². The number of nitrogens with one attached hydrogen (secondary N) is 1. The highest BCUT2D eigenvalue weighted by atomic mass is 32.1. The van der Waals surface area contributed by atoms with E-state index in [2.05, 4.69) is 17.2 Å². The summed E-state index contributed by atoms with van der Waals surface area (Å²) < 4.78 is 0. The number of amides is 1. The van der Waals surface area contributed by atoms with Crippen LogP contribution in [0.2, 0.25) is 0 Å². The molecule has 0 spiro atoms. The van der Waals surface area contributed by atoms with Crippen LogP contribution in [0.1, 0.15) is 49.5 Å². The third-order valence-electron chi connectivity index (χ3n) is 3.51. The van der Waals surface area contributed by atoms with E-state index < -0.39 is 0 Å². The van der Waals surface area contributed by atoms with Gasteiger partial charge < -0.3 is 11.1 Å². The molecule has 0 saturated heterocycles. The lowest BCUT2D eigenvalue weighted by atomic mass is 9.84. The molecule has 5 heteroatoms. The monoisotopic (exact) mass is 253 g/mol. The topological polar surface area (TPSA) is 68.0 Å². The fourth-order valence-corrected chi connectivity index (χ4v) is 2.91. The fraction of sp³-hybridized carbons (Fsp3) is 0.667. The van der Waals surface area contributed by atoms with Crippen molar-refractivity contribution in [2.45, 2.75) is 45.1 Å². The summed E-state index contributed by atoms with van der Waals surface area (Å²) in [6, 6.07) is 0.313. The quantitative estimate of drug-likeness (QED) is 0.869. The average molecular weight is 253 g/mol. The van der Waals surface area contributed by atoms with Gasteiger partial charge in [-0.25, -0.2) is 4.98 Å². The van der Waals surface area contributed by atoms with Gasteiger partial charge in [-0.15, -0.1) is 11.3 Å². The maximum Gasteiger partial charge on any atom is 0.271 e. The Hall–Kier alpha value is -1.10. The Kier molecular flexibility index (Phi) is 3.99. The number of nitrogens with zero attached hydrogens (tertiary/aromatic N) is 1. The number of carbonyl (C=O) groups is 1. The van der Waals surface area contributed by atoms with Gasteiger partial charge in [-0.2, -0.15) is 0 Å². The Morgan fingerprint density at radius 1 is 1.53 bits per heavy atom. The summed E-state index contributed by atoms with van der Waals surface area (Å²) in [6.07, 6.45) is 5.87. The van der Waals surface area contributed by atoms with Crippen molar-refractivity contribution >= 4 is 22.4 Å². The lowest BCUT2D eigenvalue weighted by Gasteiger charge is -2.28. The molecule has 1 aromatic heterocycles. The minimum atomic E-state index is -0.0853. The van der Waals surface area contributed by atoms with Gasteiger partial charge in [0.1, 0.15) is 5.69 Å². The number of anilines is 1. The van der Waals surface area contributed by atoms with Gasteiger partial charge in [0.2, 0.25) is 0 Å². The summed E-state index contributed by atoms with van der Waals surface area (Å²) in [7, 11) is 0. The molecule has 1 aromatic rings. The number of nitrogens with two attached hydrogens (primary N) is 1. The summed E-state index contributed by atoms with van der Waals surface area (Å²) in [5.41, 5.74) is 5.96. The normalized spacial score (nSPS) is 24.5.